The van der Waals surface area contributed by atoms with Gasteiger partial charge in [-0.05, 0) is 6.92 Å². The molecule has 1 aliphatic carbocycles. The molecule has 1 aliphatic heterocycles. The first-order chi connectivity index (χ1) is 7.76. The van der Waals surface area contributed by atoms with Gasteiger partial charge in [-0.25, -0.2) is 0 Å². The van der Waals surface area contributed by atoms with Gasteiger partial charge >= 0.3 is 5.97 Å². The summed E-state index contributed by atoms with van der Waals surface area (Å²) in [6.07, 6.45) is 2.97. The van der Waals surface area contributed by atoms with Gasteiger partial charge in [0.2, 0.25) is 0 Å². The van der Waals surface area contributed by atoms with Gasteiger partial charge in [0.05, 0.1) is 12.5 Å². The second-order valence-corrected chi connectivity index (χ2v) is 4.23. The molecule has 1 saturated heterocycles. The molecule has 0 bridgehead atoms. The Morgan fingerprint density at radius 2 is 2.44 bits per heavy atom. The van der Waals surface area contributed by atoms with Crippen LogP contribution in [0, 0.1) is 11.8 Å². The third kappa shape index (κ3) is 2.04. The number of nitrogens with zero attached hydrogens (tertiary/aromatic N) is 1. The quantitative estimate of drug-likeness (QED) is 0.408. The zero-order chi connectivity index (χ0) is 11.5. The first kappa shape index (κ1) is 11.4. The normalized spacial score (nSPS) is 37.8. The lowest BCUT2D eigenvalue weighted by Gasteiger charge is -2.19. The van der Waals surface area contributed by atoms with Crippen molar-refractivity contribution in [1.82, 2.24) is 0 Å². The number of fused-ring (bicyclic) bond motifs is 1. The van der Waals surface area contributed by atoms with Crippen molar-refractivity contribution in [1.29, 1.82) is 0 Å². The Morgan fingerprint density at radius 3 is 3.12 bits per heavy atom. The van der Waals surface area contributed by atoms with Crippen LogP contribution in [0.2, 0.25) is 0 Å². The third-order valence-electron chi connectivity index (χ3n) is 3.40. The zero-order valence-corrected chi connectivity index (χ0v) is 9.59. The number of methoxy groups -OCH3 is 1. The summed E-state index contributed by atoms with van der Waals surface area (Å²) in [4.78, 5) is 16.4. The molecule has 2 fully saturated rings. The van der Waals surface area contributed by atoms with E-state index in [2.05, 4.69) is 5.16 Å². The third-order valence-corrected chi connectivity index (χ3v) is 3.40. The molecule has 0 N–H and O–H groups in total. The number of rotatable bonds is 4. The molecule has 0 aromatic heterocycles. The van der Waals surface area contributed by atoms with E-state index in [1.54, 1.807) is 20.2 Å². The van der Waals surface area contributed by atoms with Gasteiger partial charge in [0.25, 0.3) is 0 Å². The molecule has 1 saturated carbocycles. The zero-order valence-electron chi connectivity index (χ0n) is 9.59. The molecule has 5 nitrogen and oxygen atoms in total. The van der Waals surface area contributed by atoms with Crippen molar-refractivity contribution in [3.05, 3.63) is 0 Å². The van der Waals surface area contributed by atoms with E-state index in [1.807, 2.05) is 0 Å². The predicted molar refractivity (Wildman–Crippen MR) is 57.0 cm³/mol. The molecule has 2 unspecified atom stereocenters. The maximum absolute atomic E-state index is 11.2. The molecule has 0 amide bonds. The van der Waals surface area contributed by atoms with Crippen molar-refractivity contribution in [3.8, 4) is 0 Å². The Morgan fingerprint density at radius 1 is 1.62 bits per heavy atom. The van der Waals surface area contributed by atoms with Crippen LogP contribution in [-0.4, -0.2) is 38.1 Å². The number of hydrogen-bond acceptors (Lipinski definition) is 5. The van der Waals surface area contributed by atoms with E-state index in [0.717, 1.165) is 6.42 Å². The van der Waals surface area contributed by atoms with Crippen LogP contribution in [0.25, 0.3) is 0 Å². The minimum atomic E-state index is -0.103. The van der Waals surface area contributed by atoms with Crippen LogP contribution in [-0.2, 0) is 19.1 Å². The summed E-state index contributed by atoms with van der Waals surface area (Å²) in [5.41, 5.74) is 0. The number of carbonyl (C=O) groups excluding carboxylic acids is 1. The van der Waals surface area contributed by atoms with Crippen molar-refractivity contribution in [2.75, 3.05) is 13.7 Å². The Hall–Kier alpha value is -1.10. The smallest absolute Gasteiger partial charge is 0.306 e. The molecule has 4 atom stereocenters. The van der Waals surface area contributed by atoms with Gasteiger partial charge < -0.3 is 14.3 Å². The summed E-state index contributed by atoms with van der Waals surface area (Å²) in [6.45, 7) is 2.29. The predicted octanol–water partition coefficient (Wildman–Crippen LogP) is 0.975. The highest BCUT2D eigenvalue weighted by atomic mass is 16.6. The van der Waals surface area contributed by atoms with Gasteiger partial charge in [-0.1, -0.05) is 5.16 Å². The maximum Gasteiger partial charge on any atom is 0.306 e. The lowest BCUT2D eigenvalue weighted by Crippen LogP contribution is -2.26. The number of oxime groups is 1. The lowest BCUT2D eigenvalue weighted by atomic mass is 9.93. The van der Waals surface area contributed by atoms with Gasteiger partial charge in [0, 0.05) is 31.6 Å². The first-order valence-corrected chi connectivity index (χ1v) is 5.58. The standard InChI is InChI=1S/C11H17NO4/c1-3-12-15-6-8-7-4-11(13)16-10(7)5-9(8)14-2/h3,7-10H,4-6H2,1-2H3/b12-3+/t7?,8?,9-,10+/m0/s1. The molecule has 0 aromatic carbocycles. The first-order valence-electron chi connectivity index (χ1n) is 5.58. The molecule has 90 valence electrons. The molecule has 5 heteroatoms. The minimum Gasteiger partial charge on any atom is -0.462 e. The Labute approximate surface area is 94.7 Å². The Balaban J connectivity index is 1.98. The molecule has 0 spiro atoms. The molecule has 2 aliphatic rings. The fraction of sp³-hybridized carbons (Fsp3) is 0.818. The fourth-order valence-corrected chi connectivity index (χ4v) is 2.66. The average Bonchev–Trinajstić information content (AvgIpc) is 2.76. The highest BCUT2D eigenvalue weighted by Crippen LogP contribution is 2.42. The van der Waals surface area contributed by atoms with Crippen LogP contribution in [0.1, 0.15) is 19.8 Å². The fourth-order valence-electron chi connectivity index (χ4n) is 2.66. The van der Waals surface area contributed by atoms with Crippen molar-refractivity contribution in [3.63, 3.8) is 0 Å². The van der Waals surface area contributed by atoms with Crippen LogP contribution < -0.4 is 0 Å². The van der Waals surface area contributed by atoms with Crippen LogP contribution >= 0.6 is 0 Å². The van der Waals surface area contributed by atoms with E-state index in [0.29, 0.717) is 13.0 Å². The molecular formula is C11H17NO4. The highest BCUT2D eigenvalue weighted by Gasteiger charge is 2.50. The number of hydrogen-bond donors (Lipinski definition) is 0. The molecule has 0 aromatic rings. The second-order valence-electron chi connectivity index (χ2n) is 4.23. The van der Waals surface area contributed by atoms with Crippen molar-refractivity contribution >= 4 is 12.2 Å². The summed E-state index contributed by atoms with van der Waals surface area (Å²) in [6, 6.07) is 0. The summed E-state index contributed by atoms with van der Waals surface area (Å²) in [5.74, 6) is 0.322. The van der Waals surface area contributed by atoms with Crippen molar-refractivity contribution in [2.24, 2.45) is 17.0 Å². The van der Waals surface area contributed by atoms with Gasteiger partial charge in [0.15, 0.2) is 0 Å². The van der Waals surface area contributed by atoms with Crippen LogP contribution in [0.4, 0.5) is 0 Å². The molecule has 0 radical (unpaired) electrons. The average molecular weight is 227 g/mol. The Bertz CT molecular complexity index is 292. The summed E-state index contributed by atoms with van der Waals surface area (Å²) in [5, 5.41) is 3.73. The van der Waals surface area contributed by atoms with Gasteiger partial charge in [-0.3, -0.25) is 4.79 Å². The summed E-state index contributed by atoms with van der Waals surface area (Å²) in [7, 11) is 1.68. The topological polar surface area (TPSA) is 57.1 Å². The number of carbonyl (C=O) groups is 1. The van der Waals surface area contributed by atoms with E-state index in [-0.39, 0.29) is 30.0 Å². The van der Waals surface area contributed by atoms with Crippen molar-refractivity contribution in [2.45, 2.75) is 32.0 Å². The molecule has 2 rings (SSSR count). The molecular weight excluding hydrogens is 210 g/mol. The highest BCUT2D eigenvalue weighted by molar-refractivity contribution is 5.72. The van der Waals surface area contributed by atoms with Gasteiger partial charge in [-0.15, -0.1) is 0 Å². The summed E-state index contributed by atoms with van der Waals surface area (Å²) < 4.78 is 10.6. The SMILES string of the molecule is C/C=N/OCC1C2CC(=O)O[C@@H]2C[C@@H]1OC. The van der Waals surface area contributed by atoms with Crippen LogP contribution in [0.3, 0.4) is 0 Å². The van der Waals surface area contributed by atoms with E-state index in [9.17, 15) is 4.79 Å². The second kappa shape index (κ2) is 4.82. The molecule has 1 heterocycles. The lowest BCUT2D eigenvalue weighted by molar-refractivity contribution is -0.142. The van der Waals surface area contributed by atoms with E-state index < -0.39 is 0 Å². The van der Waals surface area contributed by atoms with Gasteiger partial charge in [0.1, 0.15) is 12.7 Å². The van der Waals surface area contributed by atoms with E-state index in [4.69, 9.17) is 14.3 Å². The molecule has 16 heavy (non-hydrogen) atoms. The van der Waals surface area contributed by atoms with E-state index in [1.165, 1.54) is 0 Å². The summed E-state index contributed by atoms with van der Waals surface area (Å²) >= 11 is 0. The van der Waals surface area contributed by atoms with Gasteiger partial charge in [-0.2, -0.15) is 0 Å². The van der Waals surface area contributed by atoms with Crippen LogP contribution in [0.15, 0.2) is 5.16 Å². The van der Waals surface area contributed by atoms with E-state index >= 15 is 0 Å². The maximum atomic E-state index is 11.2. The number of esters is 1. The Kier molecular flexibility index (Phi) is 3.43. The number of ether oxygens (including phenoxy) is 2. The van der Waals surface area contributed by atoms with Crippen LogP contribution in [0.5, 0.6) is 0 Å². The van der Waals surface area contributed by atoms with Crippen molar-refractivity contribution < 1.29 is 19.1 Å². The minimum absolute atomic E-state index is 0.0108. The largest absolute Gasteiger partial charge is 0.462 e. The monoisotopic (exact) mass is 227 g/mol.